The van der Waals surface area contributed by atoms with Crippen molar-refractivity contribution in [1.82, 2.24) is 9.97 Å². The van der Waals surface area contributed by atoms with E-state index in [-0.39, 0.29) is 0 Å². The molecular formula is C15H8ClFN4. The number of fused-ring (bicyclic) bond motifs is 1. The topological polar surface area (TPSA) is 61.6 Å². The van der Waals surface area contributed by atoms with Gasteiger partial charge in [0, 0.05) is 28.4 Å². The highest BCUT2D eigenvalue weighted by Crippen LogP contribution is 2.29. The van der Waals surface area contributed by atoms with Crippen LogP contribution in [-0.4, -0.2) is 9.97 Å². The van der Waals surface area contributed by atoms with Crippen LogP contribution in [-0.2, 0) is 0 Å². The minimum absolute atomic E-state index is 0.313. The van der Waals surface area contributed by atoms with Crippen LogP contribution in [0.25, 0.3) is 10.9 Å². The average molecular weight is 299 g/mol. The SMILES string of the molecule is N#Cc1cnc2cnc(F)cc2c1Nc1cccc(Cl)c1. The molecule has 2 heterocycles. The van der Waals surface area contributed by atoms with Gasteiger partial charge in [-0.3, -0.25) is 4.98 Å². The van der Waals surface area contributed by atoms with Crippen LogP contribution in [0, 0.1) is 17.3 Å². The van der Waals surface area contributed by atoms with E-state index in [1.54, 1.807) is 24.3 Å². The lowest BCUT2D eigenvalue weighted by Gasteiger charge is -2.11. The van der Waals surface area contributed by atoms with E-state index < -0.39 is 5.95 Å². The van der Waals surface area contributed by atoms with E-state index >= 15 is 0 Å². The molecule has 0 radical (unpaired) electrons. The fraction of sp³-hybridized carbons (Fsp3) is 0. The molecule has 3 aromatic rings. The molecule has 102 valence electrons. The third-order valence-corrected chi connectivity index (χ3v) is 3.17. The van der Waals surface area contributed by atoms with Crippen molar-refractivity contribution in [3.05, 3.63) is 59.3 Å². The molecule has 1 aromatic carbocycles. The van der Waals surface area contributed by atoms with Crippen LogP contribution in [0.1, 0.15) is 5.56 Å². The number of hydrogen-bond donors (Lipinski definition) is 1. The van der Waals surface area contributed by atoms with Crippen molar-refractivity contribution in [3.8, 4) is 6.07 Å². The second-order valence-electron chi connectivity index (χ2n) is 4.32. The zero-order valence-electron chi connectivity index (χ0n) is 10.6. The summed E-state index contributed by atoms with van der Waals surface area (Å²) in [5.41, 5.74) is 1.99. The first kappa shape index (κ1) is 13.3. The molecule has 4 nitrogen and oxygen atoms in total. The molecular weight excluding hydrogens is 291 g/mol. The van der Waals surface area contributed by atoms with Gasteiger partial charge in [0.1, 0.15) is 6.07 Å². The van der Waals surface area contributed by atoms with Crippen molar-refractivity contribution in [2.24, 2.45) is 0 Å². The van der Waals surface area contributed by atoms with E-state index in [0.717, 1.165) is 0 Å². The van der Waals surface area contributed by atoms with Crippen molar-refractivity contribution >= 4 is 33.9 Å². The zero-order valence-corrected chi connectivity index (χ0v) is 11.4. The molecule has 21 heavy (non-hydrogen) atoms. The van der Waals surface area contributed by atoms with Gasteiger partial charge in [-0.15, -0.1) is 0 Å². The Morgan fingerprint density at radius 1 is 1.19 bits per heavy atom. The second-order valence-corrected chi connectivity index (χ2v) is 4.75. The summed E-state index contributed by atoms with van der Waals surface area (Å²) >= 11 is 5.94. The van der Waals surface area contributed by atoms with Gasteiger partial charge in [-0.1, -0.05) is 17.7 Å². The van der Waals surface area contributed by atoms with Gasteiger partial charge in [0.25, 0.3) is 0 Å². The molecule has 0 spiro atoms. The largest absolute Gasteiger partial charge is 0.354 e. The number of halogens is 2. The minimum atomic E-state index is -0.631. The van der Waals surface area contributed by atoms with Crippen molar-refractivity contribution < 1.29 is 4.39 Å². The summed E-state index contributed by atoms with van der Waals surface area (Å²) in [6.45, 7) is 0. The second kappa shape index (κ2) is 5.35. The molecule has 0 aliphatic heterocycles. The third kappa shape index (κ3) is 2.62. The van der Waals surface area contributed by atoms with E-state index in [1.807, 2.05) is 6.07 Å². The van der Waals surface area contributed by atoms with Gasteiger partial charge < -0.3 is 5.32 Å². The molecule has 0 aliphatic carbocycles. The molecule has 3 rings (SSSR count). The minimum Gasteiger partial charge on any atom is -0.354 e. The smallest absolute Gasteiger partial charge is 0.213 e. The van der Waals surface area contributed by atoms with Crippen LogP contribution in [0.3, 0.4) is 0 Å². The molecule has 0 saturated heterocycles. The number of anilines is 2. The highest BCUT2D eigenvalue weighted by atomic mass is 35.5. The lowest BCUT2D eigenvalue weighted by atomic mass is 10.1. The van der Waals surface area contributed by atoms with E-state index in [1.165, 1.54) is 18.5 Å². The Morgan fingerprint density at radius 3 is 2.81 bits per heavy atom. The molecule has 0 unspecified atom stereocenters. The Morgan fingerprint density at radius 2 is 2.05 bits per heavy atom. The van der Waals surface area contributed by atoms with E-state index in [2.05, 4.69) is 15.3 Å². The number of aromatic nitrogens is 2. The Hall–Kier alpha value is -2.71. The van der Waals surface area contributed by atoms with Crippen molar-refractivity contribution in [2.75, 3.05) is 5.32 Å². The summed E-state index contributed by atoms with van der Waals surface area (Å²) in [5, 5.41) is 13.4. The molecule has 0 fully saturated rings. The standard InChI is InChI=1S/C15H8ClFN4/c16-10-2-1-3-11(4-10)21-15-9(6-18)7-19-13-8-20-14(17)5-12(13)15/h1-5,7-8H,(H,19,21). The highest BCUT2D eigenvalue weighted by molar-refractivity contribution is 6.30. The molecule has 0 amide bonds. The van der Waals surface area contributed by atoms with Gasteiger partial charge in [-0.05, 0) is 18.2 Å². The van der Waals surface area contributed by atoms with Crippen LogP contribution in [0.15, 0.2) is 42.7 Å². The molecule has 1 N–H and O–H groups in total. The Kier molecular flexibility index (Phi) is 3.38. The van der Waals surface area contributed by atoms with Gasteiger partial charge in [0.2, 0.25) is 5.95 Å². The first-order chi connectivity index (χ1) is 10.2. The van der Waals surface area contributed by atoms with Crippen LogP contribution in [0.4, 0.5) is 15.8 Å². The fourth-order valence-electron chi connectivity index (χ4n) is 2.00. The van der Waals surface area contributed by atoms with Crippen LogP contribution >= 0.6 is 11.6 Å². The predicted molar refractivity (Wildman–Crippen MR) is 78.9 cm³/mol. The summed E-state index contributed by atoms with van der Waals surface area (Å²) in [6.07, 6.45) is 2.75. The number of pyridine rings is 2. The van der Waals surface area contributed by atoms with Crippen molar-refractivity contribution in [2.45, 2.75) is 0 Å². The Bertz CT molecular complexity index is 873. The third-order valence-electron chi connectivity index (χ3n) is 2.94. The molecule has 0 bridgehead atoms. The summed E-state index contributed by atoms with van der Waals surface area (Å²) < 4.78 is 13.4. The summed E-state index contributed by atoms with van der Waals surface area (Å²) in [7, 11) is 0. The average Bonchev–Trinajstić information content (AvgIpc) is 2.48. The maximum Gasteiger partial charge on any atom is 0.213 e. The Balaban J connectivity index is 2.19. The summed E-state index contributed by atoms with van der Waals surface area (Å²) in [5.74, 6) is -0.631. The van der Waals surface area contributed by atoms with Crippen molar-refractivity contribution in [3.63, 3.8) is 0 Å². The Labute approximate surface area is 124 Å². The first-order valence-electron chi connectivity index (χ1n) is 6.04. The number of benzene rings is 1. The lowest BCUT2D eigenvalue weighted by molar-refractivity contribution is 0.586. The van der Waals surface area contributed by atoms with Gasteiger partial charge >= 0.3 is 0 Å². The lowest BCUT2D eigenvalue weighted by Crippen LogP contribution is -1.98. The monoisotopic (exact) mass is 298 g/mol. The highest BCUT2D eigenvalue weighted by Gasteiger charge is 2.11. The van der Waals surface area contributed by atoms with Gasteiger partial charge in [-0.25, -0.2) is 4.98 Å². The zero-order chi connectivity index (χ0) is 14.8. The molecule has 0 aliphatic rings. The molecule has 6 heteroatoms. The number of nitrogens with one attached hydrogen (secondary N) is 1. The maximum absolute atomic E-state index is 13.4. The number of nitrogens with zero attached hydrogens (tertiary/aromatic N) is 3. The van der Waals surface area contributed by atoms with Crippen LogP contribution < -0.4 is 5.32 Å². The van der Waals surface area contributed by atoms with E-state index in [4.69, 9.17) is 11.6 Å². The number of rotatable bonds is 2. The predicted octanol–water partition coefficient (Wildman–Crippen LogP) is 4.04. The van der Waals surface area contributed by atoms with Crippen LogP contribution in [0.5, 0.6) is 0 Å². The molecule has 0 atom stereocenters. The van der Waals surface area contributed by atoms with Crippen molar-refractivity contribution in [1.29, 1.82) is 5.26 Å². The molecule has 0 saturated carbocycles. The van der Waals surface area contributed by atoms with Gasteiger partial charge in [-0.2, -0.15) is 9.65 Å². The first-order valence-corrected chi connectivity index (χ1v) is 6.42. The number of nitriles is 1. The normalized spacial score (nSPS) is 10.3. The van der Waals surface area contributed by atoms with Gasteiger partial charge in [0.05, 0.1) is 23.0 Å². The summed E-state index contributed by atoms with van der Waals surface area (Å²) in [4.78, 5) is 7.66. The van der Waals surface area contributed by atoms with Gasteiger partial charge in [0.15, 0.2) is 0 Å². The number of hydrogen-bond acceptors (Lipinski definition) is 4. The fourth-order valence-corrected chi connectivity index (χ4v) is 2.19. The van der Waals surface area contributed by atoms with E-state index in [9.17, 15) is 9.65 Å². The quantitative estimate of drug-likeness (QED) is 0.725. The van der Waals surface area contributed by atoms with Crippen LogP contribution in [0.2, 0.25) is 5.02 Å². The maximum atomic E-state index is 13.4. The molecule has 2 aromatic heterocycles. The summed E-state index contributed by atoms with van der Waals surface area (Å²) in [6, 6.07) is 10.3. The van der Waals surface area contributed by atoms with E-state index in [0.29, 0.717) is 32.9 Å².